The molecule has 2 N–H and O–H groups in total. The molecule has 0 saturated heterocycles. The number of nitrogens with two attached hydrogens (primary N) is 1. The first kappa shape index (κ1) is 11.9. The van der Waals surface area contributed by atoms with Gasteiger partial charge in [-0.05, 0) is 37.1 Å². The highest BCUT2D eigenvalue weighted by Gasteiger charge is 2.05. The van der Waals surface area contributed by atoms with E-state index < -0.39 is 0 Å². The van der Waals surface area contributed by atoms with Gasteiger partial charge in [0.2, 0.25) is 11.8 Å². The summed E-state index contributed by atoms with van der Waals surface area (Å²) in [5.41, 5.74) is 7.71. The fourth-order valence-corrected chi connectivity index (χ4v) is 1.73. The molecule has 0 aliphatic rings. The topological polar surface area (TPSA) is 61.0 Å². The normalized spacial score (nSPS) is 10.3. The van der Waals surface area contributed by atoms with Crippen molar-refractivity contribution in [2.75, 3.05) is 5.73 Å². The van der Waals surface area contributed by atoms with Crippen LogP contribution in [0.2, 0.25) is 0 Å². The Labute approximate surface area is 108 Å². The Morgan fingerprint density at radius 3 is 2.47 bits per heavy atom. The van der Waals surface area contributed by atoms with Crippen molar-refractivity contribution in [1.82, 2.24) is 9.97 Å². The van der Waals surface area contributed by atoms with E-state index in [-0.39, 0.29) is 5.95 Å². The molecule has 1 heterocycles. The number of rotatable bonds is 2. The van der Waals surface area contributed by atoms with E-state index in [1.165, 1.54) is 0 Å². The molecule has 0 fully saturated rings. The number of hydrogen-bond donors (Lipinski definition) is 1. The fourth-order valence-electron chi connectivity index (χ4n) is 1.50. The van der Waals surface area contributed by atoms with Crippen LogP contribution in [0.5, 0.6) is 11.6 Å². The summed E-state index contributed by atoms with van der Waals surface area (Å²) in [6.07, 6.45) is 1.57. The van der Waals surface area contributed by atoms with Gasteiger partial charge < -0.3 is 10.5 Å². The van der Waals surface area contributed by atoms with Gasteiger partial charge in [-0.3, -0.25) is 0 Å². The first-order valence-electron chi connectivity index (χ1n) is 5.09. The number of aryl methyl sites for hydroxylation is 2. The molecule has 1 aromatic carbocycles. The number of hydrogen-bond acceptors (Lipinski definition) is 4. The highest BCUT2D eigenvalue weighted by Crippen LogP contribution is 2.28. The maximum absolute atomic E-state index is 5.62. The molecule has 17 heavy (non-hydrogen) atoms. The predicted molar refractivity (Wildman–Crippen MR) is 70.1 cm³/mol. The zero-order valence-electron chi connectivity index (χ0n) is 9.57. The third-order valence-electron chi connectivity index (χ3n) is 2.28. The van der Waals surface area contributed by atoms with E-state index in [0.717, 1.165) is 21.3 Å². The van der Waals surface area contributed by atoms with Gasteiger partial charge in [-0.25, -0.2) is 4.98 Å². The molecular weight excluding hydrogens is 282 g/mol. The molecule has 2 aromatic rings. The molecule has 2 rings (SSSR count). The molecule has 88 valence electrons. The summed E-state index contributed by atoms with van der Waals surface area (Å²) in [7, 11) is 0. The summed E-state index contributed by atoms with van der Waals surface area (Å²) >= 11 is 3.51. The van der Waals surface area contributed by atoms with Gasteiger partial charge in [0.15, 0.2) is 0 Å². The van der Waals surface area contributed by atoms with Crippen LogP contribution in [0.3, 0.4) is 0 Å². The Morgan fingerprint density at radius 1 is 1.24 bits per heavy atom. The average molecular weight is 294 g/mol. The SMILES string of the molecule is Cc1cc(Oc2ccnc(N)n2)cc(C)c1Br. The number of anilines is 1. The molecule has 1 aromatic heterocycles. The minimum atomic E-state index is 0.202. The van der Waals surface area contributed by atoms with E-state index in [2.05, 4.69) is 25.9 Å². The maximum Gasteiger partial charge on any atom is 0.224 e. The monoisotopic (exact) mass is 293 g/mol. The quantitative estimate of drug-likeness (QED) is 0.923. The second kappa shape index (κ2) is 4.71. The van der Waals surface area contributed by atoms with Crippen molar-refractivity contribution in [3.05, 3.63) is 40.0 Å². The summed E-state index contributed by atoms with van der Waals surface area (Å²) in [5, 5.41) is 0. The maximum atomic E-state index is 5.62. The third-order valence-corrected chi connectivity index (χ3v) is 3.53. The number of nitrogens with zero attached hydrogens (tertiary/aromatic N) is 2. The van der Waals surface area contributed by atoms with E-state index in [4.69, 9.17) is 10.5 Å². The lowest BCUT2D eigenvalue weighted by Crippen LogP contribution is -1.96. The van der Waals surface area contributed by atoms with E-state index >= 15 is 0 Å². The number of benzene rings is 1. The second-order valence-corrected chi connectivity index (χ2v) is 4.52. The molecule has 4 nitrogen and oxygen atoms in total. The minimum absolute atomic E-state index is 0.202. The van der Waals surface area contributed by atoms with Gasteiger partial charge in [-0.15, -0.1) is 0 Å². The van der Waals surface area contributed by atoms with Crippen molar-refractivity contribution in [3.8, 4) is 11.6 Å². The van der Waals surface area contributed by atoms with Crippen LogP contribution in [0.25, 0.3) is 0 Å². The summed E-state index contributed by atoms with van der Waals surface area (Å²) < 4.78 is 6.71. The molecule has 0 saturated carbocycles. The molecular formula is C12H12BrN3O. The Kier molecular flexibility index (Phi) is 3.28. The van der Waals surface area contributed by atoms with Crippen LogP contribution in [-0.2, 0) is 0 Å². The predicted octanol–water partition coefficient (Wildman–Crippen LogP) is 3.23. The molecule has 0 aliphatic carbocycles. The smallest absolute Gasteiger partial charge is 0.224 e. The zero-order valence-corrected chi connectivity index (χ0v) is 11.2. The Bertz CT molecular complexity index is 534. The van der Waals surface area contributed by atoms with Crippen molar-refractivity contribution >= 4 is 21.9 Å². The Hall–Kier alpha value is -1.62. The molecule has 0 bridgehead atoms. The Balaban J connectivity index is 2.31. The van der Waals surface area contributed by atoms with Crippen LogP contribution in [0, 0.1) is 13.8 Å². The van der Waals surface area contributed by atoms with Crippen LogP contribution in [0.4, 0.5) is 5.95 Å². The lowest BCUT2D eigenvalue weighted by Gasteiger charge is -2.09. The van der Waals surface area contributed by atoms with Gasteiger partial charge in [0.25, 0.3) is 0 Å². The van der Waals surface area contributed by atoms with Crippen LogP contribution < -0.4 is 10.5 Å². The van der Waals surface area contributed by atoms with E-state index in [0.29, 0.717) is 5.88 Å². The van der Waals surface area contributed by atoms with E-state index in [1.807, 2.05) is 26.0 Å². The highest BCUT2D eigenvalue weighted by molar-refractivity contribution is 9.10. The molecule has 0 radical (unpaired) electrons. The molecule has 0 unspecified atom stereocenters. The molecule has 5 heteroatoms. The average Bonchev–Trinajstić information content (AvgIpc) is 2.26. The largest absolute Gasteiger partial charge is 0.439 e. The minimum Gasteiger partial charge on any atom is -0.439 e. The summed E-state index contributed by atoms with van der Waals surface area (Å²) in [6, 6.07) is 5.55. The standard InChI is InChI=1S/C12H12BrN3O/c1-7-5-9(6-8(2)11(7)13)17-10-3-4-15-12(14)16-10/h3-6H,1-2H3,(H2,14,15,16). The molecule has 0 atom stereocenters. The van der Waals surface area contributed by atoms with Gasteiger partial charge in [0.05, 0.1) is 0 Å². The molecule has 0 spiro atoms. The lowest BCUT2D eigenvalue weighted by molar-refractivity contribution is 0.462. The van der Waals surface area contributed by atoms with Crippen molar-refractivity contribution < 1.29 is 4.74 Å². The molecule has 0 aliphatic heterocycles. The van der Waals surface area contributed by atoms with Crippen LogP contribution in [0.15, 0.2) is 28.9 Å². The number of ether oxygens (including phenoxy) is 1. The van der Waals surface area contributed by atoms with Crippen molar-refractivity contribution in [1.29, 1.82) is 0 Å². The first-order valence-corrected chi connectivity index (χ1v) is 5.88. The van der Waals surface area contributed by atoms with Crippen LogP contribution in [-0.4, -0.2) is 9.97 Å². The van der Waals surface area contributed by atoms with Crippen molar-refractivity contribution in [2.45, 2.75) is 13.8 Å². The third kappa shape index (κ3) is 2.74. The van der Waals surface area contributed by atoms with Gasteiger partial charge in [0, 0.05) is 16.7 Å². The van der Waals surface area contributed by atoms with Crippen molar-refractivity contribution in [2.24, 2.45) is 0 Å². The van der Waals surface area contributed by atoms with E-state index in [1.54, 1.807) is 12.3 Å². The Morgan fingerprint density at radius 2 is 1.88 bits per heavy atom. The number of halogens is 1. The zero-order chi connectivity index (χ0) is 12.4. The van der Waals surface area contributed by atoms with Gasteiger partial charge in [-0.1, -0.05) is 15.9 Å². The van der Waals surface area contributed by atoms with Gasteiger partial charge >= 0.3 is 0 Å². The van der Waals surface area contributed by atoms with Crippen LogP contribution >= 0.6 is 15.9 Å². The number of nitrogen functional groups attached to an aromatic ring is 1. The van der Waals surface area contributed by atoms with Gasteiger partial charge in [-0.2, -0.15) is 4.98 Å². The fraction of sp³-hybridized carbons (Fsp3) is 0.167. The van der Waals surface area contributed by atoms with Gasteiger partial charge in [0.1, 0.15) is 5.75 Å². The second-order valence-electron chi connectivity index (χ2n) is 3.73. The summed E-state index contributed by atoms with van der Waals surface area (Å²) in [5.74, 6) is 1.38. The lowest BCUT2D eigenvalue weighted by atomic mass is 10.1. The van der Waals surface area contributed by atoms with E-state index in [9.17, 15) is 0 Å². The summed E-state index contributed by atoms with van der Waals surface area (Å²) in [6.45, 7) is 4.02. The summed E-state index contributed by atoms with van der Waals surface area (Å²) in [4.78, 5) is 7.79. The highest BCUT2D eigenvalue weighted by atomic mass is 79.9. The first-order chi connectivity index (χ1) is 8.06. The van der Waals surface area contributed by atoms with Crippen LogP contribution in [0.1, 0.15) is 11.1 Å². The number of aromatic nitrogens is 2. The van der Waals surface area contributed by atoms with Crippen molar-refractivity contribution in [3.63, 3.8) is 0 Å². The molecule has 0 amide bonds.